The molecule has 0 amide bonds. The van der Waals surface area contributed by atoms with Crippen LogP contribution in [0.15, 0.2) is 28.1 Å². The number of benzene rings is 1. The van der Waals surface area contributed by atoms with E-state index in [1.807, 2.05) is 0 Å². The van der Waals surface area contributed by atoms with Crippen LogP contribution in [0.2, 0.25) is 0 Å². The molecule has 0 fully saturated rings. The minimum absolute atomic E-state index is 0.0239. The highest BCUT2D eigenvalue weighted by molar-refractivity contribution is 9.11. The maximum absolute atomic E-state index is 7.60. The molecule has 0 atom stereocenters. The molecule has 0 N–H and O–H groups in total. The highest BCUT2D eigenvalue weighted by Crippen LogP contribution is 2.24. The maximum atomic E-state index is 7.60. The first-order chi connectivity index (χ1) is 6.52. The molecule has 1 aromatic heterocycles. The van der Waals surface area contributed by atoms with E-state index in [0.29, 0.717) is 14.1 Å². The van der Waals surface area contributed by atoms with Crippen LogP contribution >= 0.6 is 27.3 Å². The van der Waals surface area contributed by atoms with Gasteiger partial charge in [0, 0.05) is 0 Å². The third kappa shape index (κ3) is 0.954. The second-order valence-electron chi connectivity index (χ2n) is 1.64. The predicted molar refractivity (Wildman–Crippen MR) is 47.3 cm³/mol. The van der Waals surface area contributed by atoms with Crippen LogP contribution in [0.3, 0.4) is 0 Å². The van der Waals surface area contributed by atoms with Gasteiger partial charge in [-0.05, 0) is 28.0 Å². The molecule has 2 aromatic rings. The van der Waals surface area contributed by atoms with Crippen molar-refractivity contribution in [1.29, 1.82) is 0 Å². The van der Waals surface area contributed by atoms with Crippen LogP contribution in [0.25, 0.3) is 10.2 Å². The Labute approximate surface area is 76.5 Å². The minimum atomic E-state index is -0.236. The van der Waals surface area contributed by atoms with E-state index in [9.17, 15) is 0 Å². The molecule has 0 saturated carbocycles. The van der Waals surface area contributed by atoms with E-state index in [1.54, 1.807) is 0 Å². The Morgan fingerprint density at radius 1 is 1.50 bits per heavy atom. The largest absolute Gasteiger partial charge is 0.229 e. The lowest BCUT2D eigenvalue weighted by atomic mass is 10.3. The summed E-state index contributed by atoms with van der Waals surface area (Å²) in [7, 11) is 0. The Morgan fingerprint density at radius 2 is 2.30 bits per heavy atom. The SMILES string of the molecule is [2H]c1c([2H])c([2H])c2sc(Br)nc2c1[2H]. The lowest BCUT2D eigenvalue weighted by molar-refractivity contribution is 1.45. The fourth-order valence-corrected chi connectivity index (χ4v) is 1.91. The van der Waals surface area contributed by atoms with Gasteiger partial charge in [0.1, 0.15) is 0 Å². The van der Waals surface area contributed by atoms with Gasteiger partial charge in [0.2, 0.25) is 0 Å². The second-order valence-corrected chi connectivity index (χ2v) is 3.92. The molecule has 1 nitrogen and oxygen atoms in total. The molecule has 2 rings (SSSR count). The number of fused-ring (bicyclic) bond motifs is 1. The minimum Gasteiger partial charge on any atom is -0.229 e. The number of aromatic nitrogens is 1. The molecule has 1 heterocycles. The van der Waals surface area contributed by atoms with E-state index in [0.717, 1.165) is 0 Å². The second kappa shape index (κ2) is 2.32. The standard InChI is InChI=1S/C7H4BrNS/c8-7-9-5-3-1-2-4-6(5)10-7/h1-4H/i1D,2D,3D,4D. The van der Waals surface area contributed by atoms with Crippen LogP contribution in [0.1, 0.15) is 5.48 Å². The normalized spacial score (nSPS) is 16.1. The van der Waals surface area contributed by atoms with Gasteiger partial charge in [-0.15, -0.1) is 11.3 Å². The average molecular weight is 218 g/mol. The van der Waals surface area contributed by atoms with Gasteiger partial charge < -0.3 is 0 Å². The van der Waals surface area contributed by atoms with E-state index in [2.05, 4.69) is 20.9 Å². The van der Waals surface area contributed by atoms with Crippen molar-refractivity contribution in [2.45, 2.75) is 0 Å². The predicted octanol–water partition coefficient (Wildman–Crippen LogP) is 3.06. The Hall–Kier alpha value is -0.410. The zero-order valence-electron chi connectivity index (χ0n) is 8.73. The summed E-state index contributed by atoms with van der Waals surface area (Å²) < 4.78 is 31.1. The van der Waals surface area contributed by atoms with Crippen LogP contribution < -0.4 is 0 Å². The summed E-state index contributed by atoms with van der Waals surface area (Å²) in [4.78, 5) is 4.00. The van der Waals surface area contributed by atoms with Crippen LogP contribution in [0, 0.1) is 0 Å². The van der Waals surface area contributed by atoms with Crippen molar-refractivity contribution in [3.8, 4) is 0 Å². The number of rotatable bonds is 0. The lowest BCUT2D eigenvalue weighted by Gasteiger charge is -1.80. The smallest absolute Gasteiger partial charge is 0.160 e. The highest BCUT2D eigenvalue weighted by Gasteiger charge is 1.96. The Kier molecular flexibility index (Phi) is 0.773. The first-order valence-corrected chi connectivity index (χ1v) is 4.15. The zero-order chi connectivity index (χ0) is 10.5. The van der Waals surface area contributed by atoms with Gasteiger partial charge in [0.05, 0.1) is 15.7 Å². The van der Waals surface area contributed by atoms with Gasteiger partial charge in [-0.25, -0.2) is 4.98 Å². The summed E-state index contributed by atoms with van der Waals surface area (Å²) in [6.07, 6.45) is 0. The fraction of sp³-hybridized carbons (Fsp3) is 0. The molecule has 50 valence electrons. The number of nitrogens with zero attached hydrogens (tertiary/aromatic N) is 1. The van der Waals surface area contributed by atoms with Crippen molar-refractivity contribution in [2.75, 3.05) is 0 Å². The molecule has 0 bridgehead atoms. The van der Waals surface area contributed by atoms with Crippen molar-refractivity contribution in [3.05, 3.63) is 28.1 Å². The van der Waals surface area contributed by atoms with Crippen molar-refractivity contribution in [2.24, 2.45) is 0 Å². The number of hydrogen-bond acceptors (Lipinski definition) is 2. The van der Waals surface area contributed by atoms with Crippen molar-refractivity contribution < 1.29 is 5.48 Å². The fourth-order valence-electron chi connectivity index (χ4n) is 0.642. The van der Waals surface area contributed by atoms with Gasteiger partial charge >= 0.3 is 0 Å². The highest BCUT2D eigenvalue weighted by atomic mass is 79.9. The number of thiazole rings is 1. The van der Waals surface area contributed by atoms with E-state index >= 15 is 0 Å². The molecule has 0 radical (unpaired) electrons. The summed E-state index contributed by atoms with van der Waals surface area (Å²) in [6.45, 7) is 0. The Morgan fingerprint density at radius 3 is 3.20 bits per heavy atom. The third-order valence-electron chi connectivity index (χ3n) is 1.02. The summed E-state index contributed by atoms with van der Waals surface area (Å²) >= 11 is 4.37. The third-order valence-corrected chi connectivity index (χ3v) is 2.44. The maximum Gasteiger partial charge on any atom is 0.160 e. The molecular formula is C7H4BrNS. The Bertz CT molecular complexity index is 479. The first-order valence-electron chi connectivity index (χ1n) is 4.54. The van der Waals surface area contributed by atoms with Gasteiger partial charge in [-0.3, -0.25) is 0 Å². The number of para-hydroxylation sites is 1. The van der Waals surface area contributed by atoms with Crippen LogP contribution in [0.5, 0.6) is 0 Å². The summed E-state index contributed by atoms with van der Waals surface area (Å²) in [5.41, 5.74) is 0.327. The zero-order valence-corrected chi connectivity index (χ0v) is 7.14. The van der Waals surface area contributed by atoms with Crippen molar-refractivity contribution in [3.63, 3.8) is 0 Å². The summed E-state index contributed by atoms with van der Waals surface area (Å²) in [5.74, 6) is 0. The Balaban J connectivity index is 3.01. The molecule has 3 heteroatoms. The lowest BCUT2D eigenvalue weighted by Crippen LogP contribution is -1.62. The van der Waals surface area contributed by atoms with Gasteiger partial charge in [-0.2, -0.15) is 0 Å². The van der Waals surface area contributed by atoms with Gasteiger partial charge in [0.25, 0.3) is 0 Å². The molecule has 1 aromatic carbocycles. The van der Waals surface area contributed by atoms with E-state index in [1.165, 1.54) is 11.3 Å². The van der Waals surface area contributed by atoms with Crippen molar-refractivity contribution >= 4 is 37.5 Å². The first kappa shape index (κ1) is 3.32. The topological polar surface area (TPSA) is 12.9 Å². The summed E-state index contributed by atoms with van der Waals surface area (Å²) in [6, 6.07) is -0.550. The van der Waals surface area contributed by atoms with Crippen LogP contribution in [-0.2, 0) is 0 Å². The molecule has 0 aliphatic heterocycles. The number of hydrogen-bond donors (Lipinski definition) is 0. The van der Waals surface area contributed by atoms with Crippen LogP contribution in [-0.4, -0.2) is 4.98 Å². The summed E-state index contributed by atoms with van der Waals surface area (Å²) in [5, 5.41) is 0. The van der Waals surface area contributed by atoms with Gasteiger partial charge in [0.15, 0.2) is 3.92 Å². The molecule has 0 unspecified atom stereocenters. The monoisotopic (exact) mass is 217 g/mol. The molecule has 10 heavy (non-hydrogen) atoms. The molecule has 0 aliphatic rings. The van der Waals surface area contributed by atoms with E-state index in [4.69, 9.17) is 5.48 Å². The van der Waals surface area contributed by atoms with E-state index < -0.39 is 0 Å². The van der Waals surface area contributed by atoms with E-state index in [-0.39, 0.29) is 24.2 Å². The van der Waals surface area contributed by atoms with Crippen LogP contribution in [0.4, 0.5) is 0 Å². The van der Waals surface area contributed by atoms with Crippen molar-refractivity contribution in [1.82, 2.24) is 4.98 Å². The molecule has 0 saturated heterocycles. The molecular weight excluding hydrogens is 210 g/mol. The number of halogens is 1. The average Bonchev–Trinajstić information content (AvgIpc) is 2.54. The van der Waals surface area contributed by atoms with Gasteiger partial charge in [-0.1, -0.05) is 12.1 Å². The molecule has 0 aliphatic carbocycles. The molecule has 0 spiro atoms. The quantitative estimate of drug-likeness (QED) is 0.662.